The van der Waals surface area contributed by atoms with E-state index in [-0.39, 0.29) is 12.5 Å². The number of rotatable bonds is 8. The van der Waals surface area contributed by atoms with Crippen molar-refractivity contribution in [2.45, 2.75) is 20.1 Å². The van der Waals surface area contributed by atoms with Crippen LogP contribution >= 0.6 is 11.6 Å². The highest BCUT2D eigenvalue weighted by atomic mass is 35.5. The molecule has 1 amide bonds. The van der Waals surface area contributed by atoms with Gasteiger partial charge >= 0.3 is 0 Å². The second-order valence-corrected chi connectivity index (χ2v) is 6.99. The third-order valence-corrected chi connectivity index (χ3v) is 4.71. The lowest BCUT2D eigenvalue weighted by Crippen LogP contribution is -2.07. The van der Waals surface area contributed by atoms with Crippen molar-refractivity contribution in [3.8, 4) is 11.5 Å². The second-order valence-electron chi connectivity index (χ2n) is 6.59. The van der Waals surface area contributed by atoms with Crippen LogP contribution in [0.4, 0.5) is 15.8 Å². The molecule has 3 aromatic carbocycles. The van der Waals surface area contributed by atoms with Gasteiger partial charge in [-0.3, -0.25) is 4.79 Å². The fourth-order valence-corrected chi connectivity index (χ4v) is 3.11. The van der Waals surface area contributed by atoms with Gasteiger partial charge in [0.2, 0.25) is 5.91 Å². The molecular formula is C23H22ClFN2O3. The summed E-state index contributed by atoms with van der Waals surface area (Å²) in [5.41, 5.74) is 3.18. The standard InChI is InChI=1S/C23H22ClFN2O3/c1-15(28)27-20-10-8-19(9-11-20)26-13-16-4-3-5-22(29-2)23(16)30-14-17-6-7-18(25)12-21(17)24/h3-12,26H,13-14H2,1-2H3,(H,27,28). The first-order chi connectivity index (χ1) is 14.5. The smallest absolute Gasteiger partial charge is 0.221 e. The van der Waals surface area contributed by atoms with E-state index in [1.165, 1.54) is 19.1 Å². The molecule has 0 radical (unpaired) electrons. The Morgan fingerprint density at radius 3 is 2.43 bits per heavy atom. The van der Waals surface area contributed by atoms with Crippen LogP contribution < -0.4 is 20.1 Å². The first-order valence-corrected chi connectivity index (χ1v) is 9.68. The predicted molar refractivity (Wildman–Crippen MR) is 117 cm³/mol. The van der Waals surface area contributed by atoms with Crippen LogP contribution in [0.3, 0.4) is 0 Å². The lowest BCUT2D eigenvalue weighted by molar-refractivity contribution is -0.114. The summed E-state index contributed by atoms with van der Waals surface area (Å²) in [6, 6.07) is 17.2. The number of para-hydroxylation sites is 1. The molecule has 156 valence electrons. The highest BCUT2D eigenvalue weighted by Crippen LogP contribution is 2.33. The van der Waals surface area contributed by atoms with Crippen molar-refractivity contribution in [1.82, 2.24) is 0 Å². The maximum Gasteiger partial charge on any atom is 0.221 e. The molecule has 3 aromatic rings. The molecule has 0 aliphatic carbocycles. The molecule has 0 fully saturated rings. The maximum absolute atomic E-state index is 13.3. The first-order valence-electron chi connectivity index (χ1n) is 9.30. The Bertz CT molecular complexity index is 1030. The second kappa shape index (κ2) is 9.98. The van der Waals surface area contributed by atoms with Crippen LogP contribution in [0.2, 0.25) is 5.02 Å². The topological polar surface area (TPSA) is 59.6 Å². The van der Waals surface area contributed by atoms with Crippen LogP contribution in [0.15, 0.2) is 60.7 Å². The Morgan fingerprint density at radius 1 is 1.03 bits per heavy atom. The molecule has 7 heteroatoms. The number of methoxy groups -OCH3 is 1. The number of halogens is 2. The first kappa shape index (κ1) is 21.5. The van der Waals surface area contributed by atoms with E-state index in [1.54, 1.807) is 13.2 Å². The summed E-state index contributed by atoms with van der Waals surface area (Å²) < 4.78 is 24.7. The molecule has 5 nitrogen and oxygen atoms in total. The summed E-state index contributed by atoms with van der Waals surface area (Å²) >= 11 is 6.10. The average molecular weight is 429 g/mol. The Labute approximate surface area is 179 Å². The van der Waals surface area contributed by atoms with Crippen LogP contribution in [0, 0.1) is 5.82 Å². The molecule has 0 unspecified atom stereocenters. The molecule has 0 bridgehead atoms. The predicted octanol–water partition coefficient (Wildman–Crippen LogP) is 5.64. The van der Waals surface area contributed by atoms with E-state index in [1.807, 2.05) is 42.5 Å². The van der Waals surface area contributed by atoms with E-state index in [2.05, 4.69) is 10.6 Å². The SMILES string of the molecule is COc1cccc(CNc2ccc(NC(C)=O)cc2)c1OCc1ccc(F)cc1Cl. The average Bonchev–Trinajstić information content (AvgIpc) is 2.72. The number of hydrogen-bond acceptors (Lipinski definition) is 4. The van der Waals surface area contributed by atoms with E-state index in [4.69, 9.17) is 21.1 Å². The normalized spacial score (nSPS) is 10.4. The van der Waals surface area contributed by atoms with Crippen molar-refractivity contribution >= 4 is 28.9 Å². The van der Waals surface area contributed by atoms with Gasteiger partial charge in [0.1, 0.15) is 12.4 Å². The van der Waals surface area contributed by atoms with Crippen LogP contribution in [0.1, 0.15) is 18.1 Å². The van der Waals surface area contributed by atoms with Crippen molar-refractivity contribution in [3.63, 3.8) is 0 Å². The van der Waals surface area contributed by atoms with Crippen molar-refractivity contribution in [2.75, 3.05) is 17.7 Å². The summed E-state index contributed by atoms with van der Waals surface area (Å²) in [7, 11) is 1.57. The lowest BCUT2D eigenvalue weighted by Gasteiger charge is -2.16. The van der Waals surface area contributed by atoms with Gasteiger partial charge in [-0.1, -0.05) is 29.8 Å². The van der Waals surface area contributed by atoms with Crippen LogP contribution in [-0.4, -0.2) is 13.0 Å². The molecule has 0 atom stereocenters. The third-order valence-electron chi connectivity index (χ3n) is 4.36. The van der Waals surface area contributed by atoms with Gasteiger partial charge in [-0.25, -0.2) is 4.39 Å². The van der Waals surface area contributed by atoms with Gasteiger partial charge in [0.25, 0.3) is 0 Å². The zero-order valence-electron chi connectivity index (χ0n) is 16.7. The fourth-order valence-electron chi connectivity index (χ4n) is 2.89. The molecular weight excluding hydrogens is 407 g/mol. The molecule has 30 heavy (non-hydrogen) atoms. The third kappa shape index (κ3) is 5.64. The molecule has 0 heterocycles. The molecule has 0 saturated heterocycles. The zero-order chi connectivity index (χ0) is 21.5. The number of benzene rings is 3. The molecule has 0 aromatic heterocycles. The van der Waals surface area contributed by atoms with E-state index in [0.717, 1.165) is 16.9 Å². The molecule has 2 N–H and O–H groups in total. The highest BCUT2D eigenvalue weighted by molar-refractivity contribution is 6.31. The molecule has 3 rings (SSSR count). The number of anilines is 2. The van der Waals surface area contributed by atoms with Crippen molar-refractivity contribution in [2.24, 2.45) is 0 Å². The van der Waals surface area contributed by atoms with Gasteiger partial charge in [-0.15, -0.1) is 0 Å². The van der Waals surface area contributed by atoms with Gasteiger partial charge < -0.3 is 20.1 Å². The quantitative estimate of drug-likeness (QED) is 0.487. The van der Waals surface area contributed by atoms with E-state index >= 15 is 0 Å². The molecule has 0 aliphatic heterocycles. The van der Waals surface area contributed by atoms with Crippen molar-refractivity contribution in [1.29, 1.82) is 0 Å². The van der Waals surface area contributed by atoms with Gasteiger partial charge in [0, 0.05) is 36.0 Å². The monoisotopic (exact) mass is 428 g/mol. The number of nitrogens with one attached hydrogen (secondary N) is 2. The van der Waals surface area contributed by atoms with Gasteiger partial charge in [-0.2, -0.15) is 0 Å². The minimum atomic E-state index is -0.393. The number of carbonyl (C=O) groups excluding carboxylic acids is 1. The zero-order valence-corrected chi connectivity index (χ0v) is 17.4. The summed E-state index contributed by atoms with van der Waals surface area (Å²) in [5, 5.41) is 6.37. The number of carbonyl (C=O) groups is 1. The highest BCUT2D eigenvalue weighted by Gasteiger charge is 2.12. The Balaban J connectivity index is 1.72. The molecule has 0 spiro atoms. The Kier molecular flexibility index (Phi) is 7.14. The summed E-state index contributed by atoms with van der Waals surface area (Å²) in [6.07, 6.45) is 0. The number of ether oxygens (including phenoxy) is 2. The van der Waals surface area contributed by atoms with Crippen molar-refractivity contribution < 1.29 is 18.7 Å². The maximum atomic E-state index is 13.3. The van der Waals surface area contributed by atoms with Gasteiger partial charge in [0.05, 0.1) is 12.1 Å². The largest absolute Gasteiger partial charge is 0.493 e. The van der Waals surface area contributed by atoms with Crippen LogP contribution in [0.25, 0.3) is 0 Å². The van der Waals surface area contributed by atoms with Crippen LogP contribution in [-0.2, 0) is 17.9 Å². The van der Waals surface area contributed by atoms with Crippen molar-refractivity contribution in [3.05, 3.63) is 82.6 Å². The minimum Gasteiger partial charge on any atom is -0.493 e. The van der Waals surface area contributed by atoms with Gasteiger partial charge in [-0.05, 0) is 42.5 Å². The summed E-state index contributed by atoms with van der Waals surface area (Å²) in [4.78, 5) is 11.1. The van der Waals surface area contributed by atoms with Crippen LogP contribution in [0.5, 0.6) is 11.5 Å². The Hall–Kier alpha value is -3.25. The number of amides is 1. The number of hydrogen-bond donors (Lipinski definition) is 2. The fraction of sp³-hybridized carbons (Fsp3) is 0.174. The Morgan fingerprint density at radius 2 is 1.77 bits per heavy atom. The van der Waals surface area contributed by atoms with Gasteiger partial charge in [0.15, 0.2) is 11.5 Å². The van der Waals surface area contributed by atoms with E-state index in [9.17, 15) is 9.18 Å². The summed E-state index contributed by atoms with van der Waals surface area (Å²) in [5.74, 6) is 0.668. The molecule has 0 aliphatic rings. The van der Waals surface area contributed by atoms with E-state index in [0.29, 0.717) is 28.6 Å². The van der Waals surface area contributed by atoms with E-state index < -0.39 is 5.82 Å². The lowest BCUT2D eigenvalue weighted by atomic mass is 10.1. The molecule has 0 saturated carbocycles. The minimum absolute atomic E-state index is 0.116. The summed E-state index contributed by atoms with van der Waals surface area (Å²) in [6.45, 7) is 2.14.